The van der Waals surface area contributed by atoms with Crippen molar-refractivity contribution in [3.8, 4) is 0 Å². The summed E-state index contributed by atoms with van der Waals surface area (Å²) in [5, 5.41) is 31.6. The lowest BCUT2D eigenvalue weighted by Crippen LogP contribution is -2.61. The number of esters is 3. The average molecular weight is 1140 g/mol. The number of allylic oxidation sites excluding steroid dienone is 11. The van der Waals surface area contributed by atoms with Crippen LogP contribution in [0.5, 0.6) is 0 Å². The molecule has 1 saturated heterocycles. The van der Waals surface area contributed by atoms with E-state index in [1.807, 2.05) is 12.2 Å². The summed E-state index contributed by atoms with van der Waals surface area (Å²) >= 11 is 0. The molecule has 0 aromatic rings. The van der Waals surface area contributed by atoms with E-state index in [0.29, 0.717) is 19.3 Å². The second-order valence-electron chi connectivity index (χ2n) is 22.4. The van der Waals surface area contributed by atoms with E-state index in [2.05, 4.69) is 75.5 Å². The van der Waals surface area contributed by atoms with E-state index in [4.69, 9.17) is 23.7 Å². The molecule has 1 fully saturated rings. The number of ether oxygens (including phenoxy) is 5. The van der Waals surface area contributed by atoms with Gasteiger partial charge in [-0.1, -0.05) is 273 Å². The maximum absolute atomic E-state index is 13.1. The van der Waals surface area contributed by atoms with E-state index in [-0.39, 0.29) is 25.9 Å². The lowest BCUT2D eigenvalue weighted by atomic mass is 9.98. The van der Waals surface area contributed by atoms with Crippen molar-refractivity contribution in [2.45, 2.75) is 327 Å². The number of carboxylic acid groups (broad SMARTS) is 1. The zero-order valence-electron chi connectivity index (χ0n) is 51.5. The Morgan fingerprint density at radius 3 is 1.23 bits per heavy atom. The maximum Gasteiger partial charge on any atom is 0.335 e. The molecule has 0 saturated carbocycles. The fourth-order valence-corrected chi connectivity index (χ4v) is 9.79. The van der Waals surface area contributed by atoms with Crippen molar-refractivity contribution >= 4 is 23.9 Å². The van der Waals surface area contributed by atoms with Crippen LogP contribution in [0, 0.1) is 0 Å². The van der Waals surface area contributed by atoms with Gasteiger partial charge < -0.3 is 39.0 Å². The fourth-order valence-electron chi connectivity index (χ4n) is 9.79. The number of aliphatic hydroxyl groups excluding tert-OH is 2. The van der Waals surface area contributed by atoms with Crippen LogP contribution in [0.25, 0.3) is 0 Å². The summed E-state index contributed by atoms with van der Waals surface area (Å²) in [6.45, 7) is 5.83. The van der Waals surface area contributed by atoms with Gasteiger partial charge in [0.1, 0.15) is 18.8 Å². The monoisotopic (exact) mass is 1140 g/mol. The van der Waals surface area contributed by atoms with Crippen molar-refractivity contribution in [3.05, 3.63) is 72.9 Å². The van der Waals surface area contributed by atoms with Crippen molar-refractivity contribution < 1.29 is 58.2 Å². The molecule has 0 amide bonds. The van der Waals surface area contributed by atoms with E-state index < -0.39 is 67.3 Å². The van der Waals surface area contributed by atoms with Gasteiger partial charge in [0.25, 0.3) is 0 Å². The van der Waals surface area contributed by atoms with Crippen LogP contribution in [-0.4, -0.2) is 89.2 Å². The molecule has 1 aliphatic rings. The molecule has 81 heavy (non-hydrogen) atoms. The minimum atomic E-state index is -1.92. The summed E-state index contributed by atoms with van der Waals surface area (Å²) in [5.41, 5.74) is 0. The van der Waals surface area contributed by atoms with Gasteiger partial charge in [-0.05, 0) is 70.6 Å². The summed E-state index contributed by atoms with van der Waals surface area (Å²) < 4.78 is 28.4. The molecule has 0 spiro atoms. The highest BCUT2D eigenvalue weighted by Crippen LogP contribution is 2.27. The van der Waals surface area contributed by atoms with Crippen LogP contribution in [0.1, 0.15) is 290 Å². The molecule has 0 radical (unpaired) electrons. The predicted molar refractivity (Wildman–Crippen MR) is 331 cm³/mol. The average Bonchev–Trinajstić information content (AvgIpc) is 3.52. The Hall–Kier alpha value is -3.84. The Morgan fingerprint density at radius 2 is 0.815 bits per heavy atom. The molecular formula is C69H118O12. The number of hydrogen-bond donors (Lipinski definition) is 3. The van der Waals surface area contributed by atoms with Gasteiger partial charge in [0.05, 0.1) is 13.0 Å². The summed E-state index contributed by atoms with van der Waals surface area (Å²) in [6, 6.07) is 0. The summed E-state index contributed by atoms with van der Waals surface area (Å²) in [4.78, 5) is 51.3. The quantitative estimate of drug-likeness (QED) is 0.0228. The second kappa shape index (κ2) is 56.6. The maximum atomic E-state index is 13.1. The standard InChI is InChI=1S/C69H118O12/c1-4-7-10-13-16-19-22-25-28-30-31-33-36-39-42-45-48-51-54-57-63(72)80-67-65(74)64(73)66(68(75)76)81-69(67)78-59-60(79-62(71)56-53-50-47-44-41-38-34-27-24-21-18-15-12-9-6-3)58-77-61(70)55-52-49-46-43-40-37-35-32-29-26-23-20-17-14-11-8-5-2/h9,12,18,21,26-27,29,34,41,44,50,53,60,64-67,69,73-74H,4-8,10-11,13-17,19-20,22-25,28,30-33,35-40,42-43,45-49,51-52,54-59H2,1-3H3,(H,75,76)/b12-9-,21-18-,29-26-,34-27-,44-41-,53-50-. The van der Waals surface area contributed by atoms with Crippen LogP contribution < -0.4 is 0 Å². The SMILES string of the molecule is CC/C=C\C/C=C\C/C=C\C/C=C\C/C=C\CC(=O)OC(COC(=O)CCCCCCCCC/C=C\CCCCCCCC)COC1OC(C(=O)O)C(O)C(O)C1OC(=O)CCCCCCCCCCCCCCCCCCCCC. The Labute approximate surface area is 493 Å². The van der Waals surface area contributed by atoms with E-state index >= 15 is 0 Å². The van der Waals surface area contributed by atoms with E-state index in [0.717, 1.165) is 83.5 Å². The van der Waals surface area contributed by atoms with Gasteiger partial charge in [-0.15, -0.1) is 0 Å². The lowest BCUT2D eigenvalue weighted by Gasteiger charge is -2.40. The first kappa shape index (κ1) is 75.2. The fraction of sp³-hybridized carbons (Fsp3) is 0.768. The van der Waals surface area contributed by atoms with Crippen molar-refractivity contribution in [3.63, 3.8) is 0 Å². The minimum absolute atomic E-state index is 0.0521. The van der Waals surface area contributed by atoms with Gasteiger partial charge in [0.15, 0.2) is 24.6 Å². The molecule has 3 N–H and O–H groups in total. The van der Waals surface area contributed by atoms with Crippen LogP contribution in [0.3, 0.4) is 0 Å². The zero-order chi connectivity index (χ0) is 58.9. The Morgan fingerprint density at radius 1 is 0.432 bits per heavy atom. The predicted octanol–water partition coefficient (Wildman–Crippen LogP) is 17.7. The molecule has 0 bridgehead atoms. The molecule has 12 heteroatoms. The lowest BCUT2D eigenvalue weighted by molar-refractivity contribution is -0.301. The summed E-state index contributed by atoms with van der Waals surface area (Å²) in [5.74, 6) is -3.28. The van der Waals surface area contributed by atoms with E-state index in [9.17, 15) is 34.5 Å². The first-order chi connectivity index (χ1) is 39.6. The Bertz CT molecular complexity index is 1680. The zero-order valence-corrected chi connectivity index (χ0v) is 51.5. The van der Waals surface area contributed by atoms with Crippen LogP contribution in [0.2, 0.25) is 0 Å². The molecule has 0 aliphatic carbocycles. The molecular weight excluding hydrogens is 1020 g/mol. The van der Waals surface area contributed by atoms with Crippen LogP contribution >= 0.6 is 0 Å². The van der Waals surface area contributed by atoms with Gasteiger partial charge in [-0.25, -0.2) is 4.79 Å². The van der Waals surface area contributed by atoms with Gasteiger partial charge in [0, 0.05) is 12.8 Å². The number of carboxylic acids is 1. The summed E-state index contributed by atoms with van der Waals surface area (Å²) in [7, 11) is 0. The van der Waals surface area contributed by atoms with Crippen molar-refractivity contribution in [2.24, 2.45) is 0 Å². The van der Waals surface area contributed by atoms with E-state index in [1.165, 1.54) is 148 Å². The number of rotatable bonds is 56. The third-order valence-corrected chi connectivity index (χ3v) is 14.8. The molecule has 6 atom stereocenters. The molecule has 12 nitrogen and oxygen atoms in total. The van der Waals surface area contributed by atoms with Crippen LogP contribution in [-0.2, 0) is 42.9 Å². The third kappa shape index (κ3) is 46.3. The number of unbranched alkanes of at least 4 members (excludes halogenated alkanes) is 31. The van der Waals surface area contributed by atoms with Gasteiger partial charge in [-0.3, -0.25) is 14.4 Å². The normalized spacial score (nSPS) is 18.2. The van der Waals surface area contributed by atoms with Crippen molar-refractivity contribution in [2.75, 3.05) is 13.2 Å². The van der Waals surface area contributed by atoms with Crippen LogP contribution in [0.4, 0.5) is 0 Å². The molecule has 0 aromatic heterocycles. The molecule has 1 rings (SSSR count). The molecule has 1 aliphatic heterocycles. The molecule has 1 heterocycles. The van der Waals surface area contributed by atoms with Crippen molar-refractivity contribution in [1.29, 1.82) is 0 Å². The van der Waals surface area contributed by atoms with Gasteiger partial charge in [0.2, 0.25) is 0 Å². The topological polar surface area (TPSA) is 175 Å². The van der Waals surface area contributed by atoms with E-state index in [1.54, 1.807) is 6.08 Å². The number of aliphatic hydroxyl groups is 2. The number of hydrogen-bond acceptors (Lipinski definition) is 11. The highest BCUT2D eigenvalue weighted by atomic mass is 16.7. The second-order valence-corrected chi connectivity index (χ2v) is 22.4. The van der Waals surface area contributed by atoms with Gasteiger partial charge >= 0.3 is 23.9 Å². The number of carbonyl (C=O) groups excluding carboxylic acids is 3. The smallest absolute Gasteiger partial charge is 0.335 e. The molecule has 0 aromatic carbocycles. The largest absolute Gasteiger partial charge is 0.479 e. The molecule has 466 valence electrons. The summed E-state index contributed by atoms with van der Waals surface area (Å²) in [6.07, 6.45) is 60.4. The van der Waals surface area contributed by atoms with Crippen molar-refractivity contribution in [1.82, 2.24) is 0 Å². The van der Waals surface area contributed by atoms with Crippen LogP contribution in [0.15, 0.2) is 72.9 Å². The Balaban J connectivity index is 2.68. The molecule has 6 unspecified atom stereocenters. The third-order valence-electron chi connectivity index (χ3n) is 14.8. The Kier molecular flexibility index (Phi) is 52.6. The first-order valence-corrected chi connectivity index (χ1v) is 32.9. The highest BCUT2D eigenvalue weighted by Gasteiger charge is 2.50. The first-order valence-electron chi connectivity index (χ1n) is 32.9. The van der Waals surface area contributed by atoms with Gasteiger partial charge in [-0.2, -0.15) is 0 Å². The minimum Gasteiger partial charge on any atom is -0.479 e. The number of carbonyl (C=O) groups is 4. The number of aliphatic carboxylic acids is 1. The highest BCUT2D eigenvalue weighted by molar-refractivity contribution is 5.74.